The summed E-state index contributed by atoms with van der Waals surface area (Å²) in [7, 11) is 0. The molecule has 1 N–H and O–H groups in total. The zero-order valence-electron chi connectivity index (χ0n) is 13.4. The average molecular weight is 316 g/mol. The number of aromatic nitrogens is 3. The molecule has 0 bridgehead atoms. The minimum Gasteiger partial charge on any atom is -0.379 e. The summed E-state index contributed by atoms with van der Waals surface area (Å²) in [5, 5.41) is 12.1. The van der Waals surface area contributed by atoms with Crippen LogP contribution in [0.3, 0.4) is 0 Å². The summed E-state index contributed by atoms with van der Waals surface area (Å²) in [6.07, 6.45) is 5.40. The van der Waals surface area contributed by atoms with E-state index in [1.54, 1.807) is 11.0 Å². The lowest BCUT2D eigenvalue weighted by atomic mass is 10.2. The van der Waals surface area contributed by atoms with Crippen molar-refractivity contribution in [1.29, 1.82) is 0 Å². The zero-order valence-corrected chi connectivity index (χ0v) is 13.4. The zero-order chi connectivity index (χ0) is 15.7. The maximum atomic E-state index is 5.63. The van der Waals surface area contributed by atoms with Crippen molar-refractivity contribution in [3.8, 4) is 5.69 Å². The summed E-state index contributed by atoms with van der Waals surface area (Å²) in [5.74, 6) is 0. The van der Waals surface area contributed by atoms with Crippen LogP contribution in [0.4, 0.5) is 0 Å². The number of hydrogen-bond donors (Lipinski definition) is 1. The highest BCUT2D eigenvalue weighted by molar-refractivity contribution is 5.28. The van der Waals surface area contributed by atoms with Gasteiger partial charge in [0.2, 0.25) is 0 Å². The Bertz CT molecular complexity index is 567. The lowest BCUT2D eigenvalue weighted by Gasteiger charge is -2.09. The molecule has 1 unspecified atom stereocenters. The Hall–Kier alpha value is -1.76. The van der Waals surface area contributed by atoms with Crippen molar-refractivity contribution in [3.63, 3.8) is 0 Å². The summed E-state index contributed by atoms with van der Waals surface area (Å²) in [6.45, 7) is 4.01. The molecule has 0 radical (unpaired) electrons. The molecule has 1 aliphatic rings. The maximum absolute atomic E-state index is 5.63. The molecule has 1 aromatic heterocycles. The molecule has 2 heterocycles. The Labute approximate surface area is 136 Å². The molecule has 3 rings (SSSR count). The monoisotopic (exact) mass is 316 g/mol. The van der Waals surface area contributed by atoms with E-state index in [1.807, 2.05) is 30.3 Å². The van der Waals surface area contributed by atoms with Crippen LogP contribution in [0, 0.1) is 0 Å². The minimum absolute atomic E-state index is 0.316. The minimum atomic E-state index is 0.316. The van der Waals surface area contributed by atoms with Crippen LogP contribution in [0.5, 0.6) is 0 Å². The van der Waals surface area contributed by atoms with Crippen molar-refractivity contribution in [3.05, 3.63) is 42.2 Å². The van der Waals surface area contributed by atoms with Crippen molar-refractivity contribution < 1.29 is 9.47 Å². The molecular weight excluding hydrogens is 292 g/mol. The number of rotatable bonds is 9. The third-order valence-electron chi connectivity index (χ3n) is 3.80. The van der Waals surface area contributed by atoms with E-state index in [1.165, 1.54) is 6.42 Å². The van der Waals surface area contributed by atoms with Gasteiger partial charge in [0.15, 0.2) is 0 Å². The molecule has 1 atom stereocenters. The molecule has 6 nitrogen and oxygen atoms in total. The van der Waals surface area contributed by atoms with Gasteiger partial charge in [-0.25, -0.2) is 0 Å². The SMILES string of the molecule is c1ccc(-n2ncc(CNCCCOCC3CCCO3)n2)cc1. The number of hydrogen-bond acceptors (Lipinski definition) is 5. The van der Waals surface area contributed by atoms with Crippen molar-refractivity contribution in [2.75, 3.05) is 26.4 Å². The largest absolute Gasteiger partial charge is 0.379 e. The van der Waals surface area contributed by atoms with Crippen molar-refractivity contribution in [2.24, 2.45) is 0 Å². The van der Waals surface area contributed by atoms with Gasteiger partial charge in [-0.1, -0.05) is 18.2 Å². The lowest BCUT2D eigenvalue weighted by Crippen LogP contribution is -2.19. The van der Waals surface area contributed by atoms with Gasteiger partial charge >= 0.3 is 0 Å². The van der Waals surface area contributed by atoms with Gasteiger partial charge < -0.3 is 14.8 Å². The number of para-hydroxylation sites is 1. The fourth-order valence-corrected chi connectivity index (χ4v) is 2.57. The van der Waals surface area contributed by atoms with Crippen LogP contribution in [-0.2, 0) is 16.0 Å². The van der Waals surface area contributed by atoms with Crippen LogP contribution < -0.4 is 5.32 Å². The molecule has 1 saturated heterocycles. The molecular formula is C17H24N4O2. The first kappa shape index (κ1) is 16.1. The average Bonchev–Trinajstić information content (AvgIpc) is 3.26. The number of benzene rings is 1. The van der Waals surface area contributed by atoms with Crippen molar-refractivity contribution >= 4 is 0 Å². The molecule has 6 heteroatoms. The van der Waals surface area contributed by atoms with E-state index in [4.69, 9.17) is 9.47 Å². The molecule has 1 aliphatic heterocycles. The van der Waals surface area contributed by atoms with E-state index in [0.29, 0.717) is 6.10 Å². The molecule has 1 fully saturated rings. The Balaban J connectivity index is 1.28. The molecule has 0 spiro atoms. The van der Waals surface area contributed by atoms with Gasteiger partial charge in [-0.05, 0) is 37.9 Å². The number of ether oxygens (including phenoxy) is 2. The Kier molecular flexibility index (Phi) is 6.14. The van der Waals surface area contributed by atoms with Crippen LogP contribution in [0.1, 0.15) is 25.0 Å². The highest BCUT2D eigenvalue weighted by Crippen LogP contribution is 2.11. The van der Waals surface area contributed by atoms with Gasteiger partial charge in [-0.2, -0.15) is 15.0 Å². The van der Waals surface area contributed by atoms with Crippen LogP contribution >= 0.6 is 0 Å². The maximum Gasteiger partial charge on any atom is 0.0969 e. The van der Waals surface area contributed by atoms with Crippen LogP contribution in [0.15, 0.2) is 36.5 Å². The summed E-state index contributed by atoms with van der Waals surface area (Å²) < 4.78 is 11.2. The Morgan fingerprint density at radius 2 is 2.22 bits per heavy atom. The second-order valence-corrected chi connectivity index (χ2v) is 5.70. The third kappa shape index (κ3) is 5.13. The predicted octanol–water partition coefficient (Wildman–Crippen LogP) is 1.94. The van der Waals surface area contributed by atoms with Gasteiger partial charge in [0.25, 0.3) is 0 Å². The summed E-state index contributed by atoms with van der Waals surface area (Å²) >= 11 is 0. The lowest BCUT2D eigenvalue weighted by molar-refractivity contribution is 0.0166. The molecule has 0 saturated carbocycles. The fourth-order valence-electron chi connectivity index (χ4n) is 2.57. The van der Waals surface area contributed by atoms with Gasteiger partial charge in [-0.3, -0.25) is 0 Å². The van der Waals surface area contributed by atoms with Crippen molar-refractivity contribution in [2.45, 2.75) is 31.9 Å². The number of nitrogens with one attached hydrogen (secondary N) is 1. The van der Waals surface area contributed by atoms with E-state index in [0.717, 1.165) is 57.1 Å². The fraction of sp³-hybridized carbons (Fsp3) is 0.529. The quantitative estimate of drug-likeness (QED) is 0.717. The van der Waals surface area contributed by atoms with Crippen LogP contribution in [0.25, 0.3) is 5.69 Å². The topological polar surface area (TPSA) is 61.2 Å². The van der Waals surface area contributed by atoms with E-state index >= 15 is 0 Å². The third-order valence-corrected chi connectivity index (χ3v) is 3.80. The highest BCUT2D eigenvalue weighted by Gasteiger charge is 2.14. The Morgan fingerprint density at radius 3 is 3.04 bits per heavy atom. The number of nitrogens with zero attached hydrogens (tertiary/aromatic N) is 3. The van der Waals surface area contributed by atoms with E-state index < -0.39 is 0 Å². The second-order valence-electron chi connectivity index (χ2n) is 5.70. The van der Waals surface area contributed by atoms with Crippen LogP contribution in [-0.4, -0.2) is 47.5 Å². The van der Waals surface area contributed by atoms with Crippen molar-refractivity contribution in [1.82, 2.24) is 20.3 Å². The van der Waals surface area contributed by atoms with Gasteiger partial charge in [-0.15, -0.1) is 0 Å². The summed E-state index contributed by atoms with van der Waals surface area (Å²) in [5.41, 5.74) is 1.91. The molecule has 1 aromatic carbocycles. The van der Waals surface area contributed by atoms with E-state index in [2.05, 4.69) is 15.5 Å². The van der Waals surface area contributed by atoms with Gasteiger partial charge in [0.05, 0.1) is 30.3 Å². The molecule has 23 heavy (non-hydrogen) atoms. The van der Waals surface area contributed by atoms with Gasteiger partial charge in [0, 0.05) is 19.8 Å². The first-order valence-electron chi connectivity index (χ1n) is 8.28. The van der Waals surface area contributed by atoms with E-state index in [-0.39, 0.29) is 0 Å². The first-order valence-corrected chi connectivity index (χ1v) is 8.28. The Morgan fingerprint density at radius 1 is 1.30 bits per heavy atom. The van der Waals surface area contributed by atoms with E-state index in [9.17, 15) is 0 Å². The second kappa shape index (κ2) is 8.76. The summed E-state index contributed by atoms with van der Waals surface area (Å²) in [6, 6.07) is 9.92. The molecule has 0 amide bonds. The highest BCUT2D eigenvalue weighted by atomic mass is 16.5. The smallest absolute Gasteiger partial charge is 0.0969 e. The molecule has 0 aliphatic carbocycles. The first-order chi connectivity index (χ1) is 11.4. The molecule has 124 valence electrons. The summed E-state index contributed by atoms with van der Waals surface area (Å²) in [4.78, 5) is 1.65. The standard InChI is InChI=1S/C17H24N4O2/c1-2-6-16(7-3-1)21-19-13-15(20-21)12-18-9-5-10-22-14-17-8-4-11-23-17/h1-3,6-7,13,17-18H,4-5,8-12,14H2. The normalized spacial score (nSPS) is 17.7. The molecule has 2 aromatic rings. The predicted molar refractivity (Wildman–Crippen MR) is 87.5 cm³/mol. The van der Waals surface area contributed by atoms with Gasteiger partial charge in [0.1, 0.15) is 0 Å². The van der Waals surface area contributed by atoms with Crippen LogP contribution in [0.2, 0.25) is 0 Å².